The summed E-state index contributed by atoms with van der Waals surface area (Å²) < 4.78 is 6.72. The van der Waals surface area contributed by atoms with Crippen molar-refractivity contribution in [1.82, 2.24) is 9.97 Å². The van der Waals surface area contributed by atoms with Crippen LogP contribution in [0, 0.1) is 6.92 Å². The van der Waals surface area contributed by atoms with Crippen molar-refractivity contribution < 1.29 is 4.74 Å². The van der Waals surface area contributed by atoms with E-state index >= 15 is 0 Å². The van der Waals surface area contributed by atoms with Crippen LogP contribution in [0.25, 0.3) is 11.0 Å². The number of rotatable bonds is 2. The summed E-state index contributed by atoms with van der Waals surface area (Å²) >= 11 is 3.43. The number of H-pyrrole nitrogens is 1. The number of aromatic nitrogens is 2. The molecule has 0 fully saturated rings. The van der Waals surface area contributed by atoms with Crippen molar-refractivity contribution in [2.75, 3.05) is 0 Å². The summed E-state index contributed by atoms with van der Waals surface area (Å²) in [4.78, 5) is 7.52. The molecule has 0 radical (unpaired) electrons. The molecule has 18 heavy (non-hydrogen) atoms. The number of imidazole rings is 1. The van der Waals surface area contributed by atoms with Gasteiger partial charge in [-0.05, 0) is 42.8 Å². The zero-order valence-corrected chi connectivity index (χ0v) is 11.4. The second-order valence-corrected chi connectivity index (χ2v) is 5.04. The van der Waals surface area contributed by atoms with Crippen LogP contribution in [0.1, 0.15) is 5.56 Å². The van der Waals surface area contributed by atoms with Gasteiger partial charge in [0, 0.05) is 4.47 Å². The van der Waals surface area contributed by atoms with Gasteiger partial charge < -0.3 is 9.72 Å². The summed E-state index contributed by atoms with van der Waals surface area (Å²) in [5.41, 5.74) is 3.00. The SMILES string of the molecule is Cc1cccc(Oc2nc3ccc(Br)cc3[nH]2)c1. The summed E-state index contributed by atoms with van der Waals surface area (Å²) in [6, 6.07) is 14.3. The molecule has 0 aliphatic carbocycles. The van der Waals surface area contributed by atoms with E-state index in [9.17, 15) is 0 Å². The molecule has 3 rings (SSSR count). The zero-order chi connectivity index (χ0) is 12.5. The first-order chi connectivity index (χ1) is 8.70. The molecule has 1 heterocycles. The second-order valence-electron chi connectivity index (χ2n) is 4.12. The Hall–Kier alpha value is -1.81. The van der Waals surface area contributed by atoms with Crippen molar-refractivity contribution in [3.8, 4) is 11.8 Å². The number of benzene rings is 2. The summed E-state index contributed by atoms with van der Waals surface area (Å²) in [7, 11) is 0. The van der Waals surface area contributed by atoms with Crippen molar-refractivity contribution in [3.05, 3.63) is 52.5 Å². The minimum absolute atomic E-state index is 0.508. The molecule has 0 spiro atoms. The van der Waals surface area contributed by atoms with Crippen LogP contribution in [0.2, 0.25) is 0 Å². The van der Waals surface area contributed by atoms with Gasteiger partial charge in [0.1, 0.15) is 5.75 Å². The molecule has 0 bridgehead atoms. The number of fused-ring (bicyclic) bond motifs is 1. The fourth-order valence-electron chi connectivity index (χ4n) is 1.80. The average molecular weight is 303 g/mol. The second kappa shape index (κ2) is 4.46. The number of halogens is 1. The highest BCUT2D eigenvalue weighted by atomic mass is 79.9. The first-order valence-electron chi connectivity index (χ1n) is 5.60. The molecule has 0 saturated heterocycles. The fraction of sp³-hybridized carbons (Fsp3) is 0.0714. The first kappa shape index (κ1) is 11.3. The van der Waals surface area contributed by atoms with Gasteiger partial charge in [-0.15, -0.1) is 0 Å². The maximum atomic E-state index is 5.70. The van der Waals surface area contributed by atoms with Gasteiger partial charge in [0.2, 0.25) is 0 Å². The van der Waals surface area contributed by atoms with Gasteiger partial charge in [-0.1, -0.05) is 28.1 Å². The van der Waals surface area contributed by atoms with Crippen LogP contribution in [-0.4, -0.2) is 9.97 Å². The molecule has 0 aliphatic rings. The Morgan fingerprint density at radius 3 is 2.89 bits per heavy atom. The Kier molecular flexibility index (Phi) is 2.80. The highest BCUT2D eigenvalue weighted by Gasteiger charge is 2.05. The first-order valence-corrected chi connectivity index (χ1v) is 6.40. The third kappa shape index (κ3) is 2.24. The van der Waals surface area contributed by atoms with Crippen molar-refractivity contribution in [1.29, 1.82) is 0 Å². The van der Waals surface area contributed by atoms with Gasteiger partial charge in [0.25, 0.3) is 6.01 Å². The van der Waals surface area contributed by atoms with Gasteiger partial charge in [-0.25, -0.2) is 0 Å². The number of hydrogen-bond donors (Lipinski definition) is 1. The van der Waals surface area contributed by atoms with Crippen LogP contribution in [-0.2, 0) is 0 Å². The monoisotopic (exact) mass is 302 g/mol. The van der Waals surface area contributed by atoms with Gasteiger partial charge >= 0.3 is 0 Å². The highest BCUT2D eigenvalue weighted by Crippen LogP contribution is 2.24. The van der Waals surface area contributed by atoms with Gasteiger partial charge in [-0.3, -0.25) is 0 Å². The molecule has 0 aliphatic heterocycles. The lowest BCUT2D eigenvalue weighted by Gasteiger charge is -2.01. The van der Waals surface area contributed by atoms with Crippen LogP contribution < -0.4 is 4.74 Å². The quantitative estimate of drug-likeness (QED) is 0.760. The van der Waals surface area contributed by atoms with Gasteiger partial charge in [0.15, 0.2) is 0 Å². The van der Waals surface area contributed by atoms with Crippen molar-refractivity contribution >= 4 is 27.0 Å². The lowest BCUT2D eigenvalue weighted by atomic mass is 10.2. The van der Waals surface area contributed by atoms with E-state index in [0.717, 1.165) is 26.8 Å². The van der Waals surface area contributed by atoms with Crippen LogP contribution >= 0.6 is 15.9 Å². The summed E-state index contributed by atoms with van der Waals surface area (Å²) in [5, 5.41) is 0. The summed E-state index contributed by atoms with van der Waals surface area (Å²) in [5.74, 6) is 0.785. The molecule has 0 amide bonds. The molecule has 1 aromatic heterocycles. The average Bonchev–Trinajstić information content (AvgIpc) is 2.70. The van der Waals surface area contributed by atoms with Crippen LogP contribution in [0.3, 0.4) is 0 Å². The molecule has 90 valence electrons. The molecule has 4 heteroatoms. The molecular formula is C14H11BrN2O. The van der Waals surface area contributed by atoms with Crippen molar-refractivity contribution in [3.63, 3.8) is 0 Å². The smallest absolute Gasteiger partial charge is 0.300 e. The van der Waals surface area contributed by atoms with E-state index in [1.165, 1.54) is 0 Å². The van der Waals surface area contributed by atoms with Crippen LogP contribution in [0.4, 0.5) is 0 Å². The number of ether oxygens (including phenoxy) is 1. The Labute approximate surface area is 113 Å². The van der Waals surface area contributed by atoms with E-state index in [2.05, 4.69) is 25.9 Å². The third-order valence-electron chi connectivity index (χ3n) is 2.63. The Balaban J connectivity index is 1.95. The number of aromatic amines is 1. The minimum Gasteiger partial charge on any atom is -0.426 e. The van der Waals surface area contributed by atoms with E-state index in [4.69, 9.17) is 4.74 Å². The standard InChI is InChI=1S/C14H11BrN2O/c1-9-3-2-4-11(7-9)18-14-16-12-6-5-10(15)8-13(12)17-14/h2-8H,1H3,(H,16,17). The largest absolute Gasteiger partial charge is 0.426 e. The zero-order valence-electron chi connectivity index (χ0n) is 9.77. The molecule has 3 aromatic rings. The van der Waals surface area contributed by atoms with Crippen LogP contribution in [0.5, 0.6) is 11.8 Å². The van der Waals surface area contributed by atoms with Gasteiger partial charge in [-0.2, -0.15) is 4.98 Å². The normalized spacial score (nSPS) is 10.8. The Bertz CT molecular complexity index is 706. The van der Waals surface area contributed by atoms with E-state index in [-0.39, 0.29) is 0 Å². The maximum absolute atomic E-state index is 5.70. The Morgan fingerprint density at radius 1 is 1.17 bits per heavy atom. The molecule has 0 atom stereocenters. The molecule has 1 N–H and O–H groups in total. The van der Waals surface area contributed by atoms with Crippen LogP contribution in [0.15, 0.2) is 46.9 Å². The predicted octanol–water partition coefficient (Wildman–Crippen LogP) is 4.43. The summed E-state index contributed by atoms with van der Waals surface area (Å²) in [6.45, 7) is 2.03. The van der Waals surface area contributed by atoms with E-state index in [0.29, 0.717) is 6.01 Å². The lowest BCUT2D eigenvalue weighted by Crippen LogP contribution is -1.86. The number of nitrogens with zero attached hydrogens (tertiary/aromatic N) is 1. The lowest BCUT2D eigenvalue weighted by molar-refractivity contribution is 0.449. The van der Waals surface area contributed by atoms with Gasteiger partial charge in [0.05, 0.1) is 11.0 Å². The number of hydrogen-bond acceptors (Lipinski definition) is 2. The number of aryl methyl sites for hydroxylation is 1. The summed E-state index contributed by atoms with van der Waals surface area (Å²) in [6.07, 6.45) is 0. The highest BCUT2D eigenvalue weighted by molar-refractivity contribution is 9.10. The third-order valence-corrected chi connectivity index (χ3v) is 3.12. The molecule has 2 aromatic carbocycles. The van der Waals surface area contributed by atoms with E-state index in [1.807, 2.05) is 49.4 Å². The number of nitrogens with one attached hydrogen (secondary N) is 1. The minimum atomic E-state index is 0.508. The van der Waals surface area contributed by atoms with E-state index in [1.54, 1.807) is 0 Å². The molecule has 0 saturated carbocycles. The predicted molar refractivity (Wildman–Crippen MR) is 75.0 cm³/mol. The van der Waals surface area contributed by atoms with Crippen molar-refractivity contribution in [2.45, 2.75) is 6.92 Å². The topological polar surface area (TPSA) is 37.9 Å². The van der Waals surface area contributed by atoms with E-state index < -0.39 is 0 Å². The fourth-order valence-corrected chi connectivity index (χ4v) is 2.16. The molecular weight excluding hydrogens is 292 g/mol. The maximum Gasteiger partial charge on any atom is 0.300 e. The Morgan fingerprint density at radius 2 is 2.06 bits per heavy atom. The molecule has 3 nitrogen and oxygen atoms in total. The van der Waals surface area contributed by atoms with Crippen molar-refractivity contribution in [2.24, 2.45) is 0 Å². The molecule has 0 unspecified atom stereocenters.